The molecule has 0 aliphatic heterocycles. The van der Waals surface area contributed by atoms with Gasteiger partial charge in [0.1, 0.15) is 5.78 Å². The number of fused-ring (bicyclic) bond motifs is 5. The number of hydrogen-bond acceptors (Lipinski definition) is 3. The largest absolute Gasteiger partial charge is 0.469 e. The lowest BCUT2D eigenvalue weighted by atomic mass is 9.44. The Morgan fingerprint density at radius 2 is 1.82 bits per heavy atom. The number of carbonyl (C=O) groups is 2. The highest BCUT2D eigenvalue weighted by atomic mass is 16.5. The number of esters is 1. The van der Waals surface area contributed by atoms with Gasteiger partial charge in [0.25, 0.3) is 0 Å². The van der Waals surface area contributed by atoms with E-state index in [1.807, 2.05) is 0 Å². The molecule has 0 aromatic carbocycles. The molecule has 4 aliphatic carbocycles. The van der Waals surface area contributed by atoms with E-state index in [9.17, 15) is 9.59 Å². The number of rotatable bonds is 4. The minimum absolute atomic E-state index is 0.0889. The molecular formula is C25H40O3. The van der Waals surface area contributed by atoms with Crippen molar-refractivity contribution in [2.24, 2.45) is 46.3 Å². The van der Waals surface area contributed by atoms with Crippen molar-refractivity contribution in [3.05, 3.63) is 0 Å². The van der Waals surface area contributed by atoms with E-state index >= 15 is 0 Å². The average molecular weight is 389 g/mol. The fraction of sp³-hybridized carbons (Fsp3) is 0.920. The van der Waals surface area contributed by atoms with Crippen LogP contribution in [0.5, 0.6) is 0 Å². The maximum atomic E-state index is 13.4. The van der Waals surface area contributed by atoms with Crippen molar-refractivity contribution in [1.29, 1.82) is 0 Å². The first-order chi connectivity index (χ1) is 13.3. The van der Waals surface area contributed by atoms with Crippen LogP contribution in [0.25, 0.3) is 0 Å². The molecule has 8 atom stereocenters. The molecule has 0 heterocycles. The predicted octanol–water partition coefficient (Wildman–Crippen LogP) is 5.80. The summed E-state index contributed by atoms with van der Waals surface area (Å²) in [6.45, 7) is 7.35. The van der Waals surface area contributed by atoms with Gasteiger partial charge in [-0.25, -0.2) is 0 Å². The molecule has 4 saturated carbocycles. The highest BCUT2D eigenvalue weighted by Crippen LogP contribution is 2.67. The molecule has 0 radical (unpaired) electrons. The Morgan fingerprint density at radius 1 is 1.07 bits per heavy atom. The van der Waals surface area contributed by atoms with Crippen LogP contribution in [0.15, 0.2) is 0 Å². The standard InChI is InChI=1S/C25H40O3/c1-16(8-11-22(27)28-4)18-9-10-19-23-20(12-14-25(18,19)3)24(2)13-6-5-7-17(24)15-21(23)26/h16-20,23H,5-15H2,1-4H3/t16-,17-,18+,19?,20?,23?,24-,25+/m0/s1. The number of methoxy groups -OCH3 is 1. The summed E-state index contributed by atoms with van der Waals surface area (Å²) in [6.07, 6.45) is 12.6. The van der Waals surface area contributed by atoms with Gasteiger partial charge in [0.15, 0.2) is 0 Å². The van der Waals surface area contributed by atoms with Crippen molar-refractivity contribution in [1.82, 2.24) is 0 Å². The van der Waals surface area contributed by atoms with E-state index < -0.39 is 0 Å². The molecule has 0 saturated heterocycles. The predicted molar refractivity (Wildman–Crippen MR) is 111 cm³/mol. The lowest BCUT2D eigenvalue weighted by molar-refractivity contribution is -0.156. The SMILES string of the molecule is COC(=O)CC[C@H](C)[C@H]1CCC2C3C(=O)C[C@@H]4CCCC[C@]4(C)C3CC[C@@]21C. The summed E-state index contributed by atoms with van der Waals surface area (Å²) in [5, 5.41) is 0. The third-order valence-corrected chi connectivity index (χ3v) is 10.2. The van der Waals surface area contributed by atoms with Gasteiger partial charge in [0.05, 0.1) is 7.11 Å². The molecule has 0 N–H and O–H groups in total. The summed E-state index contributed by atoms with van der Waals surface area (Å²) in [5.74, 6) is 3.86. The molecule has 3 nitrogen and oxygen atoms in total. The fourth-order valence-electron chi connectivity index (χ4n) is 8.59. The van der Waals surface area contributed by atoms with Crippen molar-refractivity contribution in [2.75, 3.05) is 7.11 Å². The molecular weight excluding hydrogens is 348 g/mol. The Labute approximate surface area is 171 Å². The van der Waals surface area contributed by atoms with Crippen molar-refractivity contribution < 1.29 is 14.3 Å². The fourth-order valence-corrected chi connectivity index (χ4v) is 8.59. The van der Waals surface area contributed by atoms with Crippen LogP contribution in [0.4, 0.5) is 0 Å². The van der Waals surface area contributed by atoms with Crippen LogP contribution in [0.1, 0.15) is 91.4 Å². The van der Waals surface area contributed by atoms with Crippen LogP contribution in [-0.4, -0.2) is 18.9 Å². The maximum absolute atomic E-state index is 13.4. The average Bonchev–Trinajstić information content (AvgIpc) is 3.03. The van der Waals surface area contributed by atoms with Crippen molar-refractivity contribution >= 4 is 11.8 Å². The van der Waals surface area contributed by atoms with Crippen LogP contribution in [0.2, 0.25) is 0 Å². The number of hydrogen-bond donors (Lipinski definition) is 0. The zero-order chi connectivity index (χ0) is 20.1. The van der Waals surface area contributed by atoms with Crippen LogP contribution in [0.3, 0.4) is 0 Å². The molecule has 28 heavy (non-hydrogen) atoms. The Kier molecular flexibility index (Phi) is 5.42. The van der Waals surface area contributed by atoms with Gasteiger partial charge < -0.3 is 4.74 Å². The first-order valence-corrected chi connectivity index (χ1v) is 11.9. The van der Waals surface area contributed by atoms with Gasteiger partial charge in [-0.05, 0) is 85.4 Å². The van der Waals surface area contributed by atoms with Gasteiger partial charge in [-0.2, -0.15) is 0 Å². The molecule has 158 valence electrons. The van der Waals surface area contributed by atoms with Crippen LogP contribution >= 0.6 is 0 Å². The van der Waals surface area contributed by atoms with Crippen molar-refractivity contribution in [2.45, 2.75) is 91.4 Å². The van der Waals surface area contributed by atoms with Crippen LogP contribution < -0.4 is 0 Å². The van der Waals surface area contributed by atoms with E-state index in [-0.39, 0.29) is 11.4 Å². The van der Waals surface area contributed by atoms with E-state index in [1.165, 1.54) is 58.5 Å². The first kappa shape index (κ1) is 20.4. The van der Waals surface area contributed by atoms with E-state index in [1.54, 1.807) is 0 Å². The molecule has 0 aromatic heterocycles. The first-order valence-electron chi connectivity index (χ1n) is 11.9. The maximum Gasteiger partial charge on any atom is 0.305 e. The highest BCUT2D eigenvalue weighted by molar-refractivity contribution is 5.83. The van der Waals surface area contributed by atoms with Gasteiger partial charge in [0, 0.05) is 18.8 Å². The summed E-state index contributed by atoms with van der Waals surface area (Å²) in [7, 11) is 1.48. The molecule has 4 fully saturated rings. The lowest BCUT2D eigenvalue weighted by Crippen LogP contribution is -2.56. The molecule has 4 aliphatic rings. The Balaban J connectivity index is 1.54. The summed E-state index contributed by atoms with van der Waals surface area (Å²) < 4.78 is 4.86. The molecule has 0 spiro atoms. The van der Waals surface area contributed by atoms with E-state index in [2.05, 4.69) is 20.8 Å². The third kappa shape index (κ3) is 3.06. The minimum atomic E-state index is -0.0889. The Hall–Kier alpha value is -0.860. The molecule has 4 rings (SSSR count). The summed E-state index contributed by atoms with van der Waals surface area (Å²) in [4.78, 5) is 25.0. The molecule has 3 heteroatoms. The number of ketones is 1. The van der Waals surface area contributed by atoms with Gasteiger partial charge >= 0.3 is 5.97 Å². The van der Waals surface area contributed by atoms with Gasteiger partial charge in [-0.3, -0.25) is 9.59 Å². The van der Waals surface area contributed by atoms with Crippen molar-refractivity contribution in [3.63, 3.8) is 0 Å². The molecule has 0 aromatic rings. The van der Waals surface area contributed by atoms with Crippen LogP contribution in [-0.2, 0) is 14.3 Å². The van der Waals surface area contributed by atoms with Crippen molar-refractivity contribution in [3.8, 4) is 0 Å². The zero-order valence-electron chi connectivity index (χ0n) is 18.5. The number of Topliss-reactive ketones (excluding diaryl/α,β-unsaturated/α-hetero) is 1. The second kappa shape index (κ2) is 7.43. The summed E-state index contributed by atoms with van der Waals surface area (Å²) in [6, 6.07) is 0. The minimum Gasteiger partial charge on any atom is -0.469 e. The van der Waals surface area contributed by atoms with E-state index in [0.29, 0.717) is 53.1 Å². The lowest BCUT2D eigenvalue weighted by Gasteiger charge is -2.60. The molecule has 0 bridgehead atoms. The van der Waals surface area contributed by atoms with E-state index in [0.717, 1.165) is 12.8 Å². The quantitative estimate of drug-likeness (QED) is 0.571. The van der Waals surface area contributed by atoms with E-state index in [4.69, 9.17) is 4.74 Å². The number of carbonyl (C=O) groups excluding carboxylic acids is 2. The van der Waals surface area contributed by atoms with Gasteiger partial charge in [0.2, 0.25) is 0 Å². The smallest absolute Gasteiger partial charge is 0.305 e. The Bertz CT molecular complexity index is 627. The van der Waals surface area contributed by atoms with Gasteiger partial charge in [-0.1, -0.05) is 33.6 Å². The van der Waals surface area contributed by atoms with Crippen LogP contribution in [0, 0.1) is 46.3 Å². The zero-order valence-corrected chi connectivity index (χ0v) is 18.5. The van der Waals surface area contributed by atoms with Gasteiger partial charge in [-0.15, -0.1) is 0 Å². The second-order valence-electron chi connectivity index (χ2n) is 11.2. The number of ether oxygens (including phenoxy) is 1. The molecule has 0 amide bonds. The topological polar surface area (TPSA) is 43.4 Å². The highest BCUT2D eigenvalue weighted by Gasteiger charge is 2.62. The third-order valence-electron chi connectivity index (χ3n) is 10.2. The Morgan fingerprint density at radius 3 is 2.57 bits per heavy atom. The second-order valence-corrected chi connectivity index (χ2v) is 11.2. The summed E-state index contributed by atoms with van der Waals surface area (Å²) in [5.41, 5.74) is 0.691. The summed E-state index contributed by atoms with van der Waals surface area (Å²) >= 11 is 0. The normalized spacial score (nSPS) is 46.3. The monoisotopic (exact) mass is 388 g/mol. The molecule has 3 unspecified atom stereocenters.